The zero-order chi connectivity index (χ0) is 41.8. The van der Waals surface area contributed by atoms with Crippen LogP contribution in [0.25, 0.3) is 5.69 Å². The Labute approximate surface area is 345 Å². The summed E-state index contributed by atoms with van der Waals surface area (Å²) in [6.45, 7) is 12.2. The van der Waals surface area contributed by atoms with E-state index in [0.29, 0.717) is 34.0 Å². The lowest BCUT2D eigenvalue weighted by Gasteiger charge is -2.63. The summed E-state index contributed by atoms with van der Waals surface area (Å²) >= 11 is 6.24. The molecule has 3 fully saturated rings. The van der Waals surface area contributed by atoms with Crippen molar-refractivity contribution in [2.24, 2.45) is 10.8 Å². The first kappa shape index (κ1) is 39.6. The Morgan fingerprint density at radius 1 is 0.983 bits per heavy atom. The number of imide groups is 2. The van der Waals surface area contributed by atoms with Crippen LogP contribution >= 0.6 is 11.6 Å². The molecule has 3 aliphatic heterocycles. The third-order valence-electron chi connectivity index (χ3n) is 12.0. The van der Waals surface area contributed by atoms with Crippen molar-refractivity contribution in [3.05, 3.63) is 93.9 Å². The number of piperidine rings is 1. The fraction of sp³-hybridized carbons (Fsp3) is 0.405. The molecule has 17 heteroatoms. The largest absolute Gasteiger partial charge is 0.489 e. The zero-order valence-corrected chi connectivity index (χ0v) is 33.8. The molecule has 2 aromatic carbocycles. The minimum Gasteiger partial charge on any atom is -0.489 e. The van der Waals surface area contributed by atoms with E-state index >= 15 is 0 Å². The molecule has 8 rings (SSSR count). The number of carbonyl (C=O) groups excluding carboxylic acids is 5. The van der Waals surface area contributed by atoms with Crippen LogP contribution in [0.1, 0.15) is 82.9 Å². The number of carbonyl (C=O) groups is 5. The predicted octanol–water partition coefficient (Wildman–Crippen LogP) is 3.57. The Balaban J connectivity index is 0.811. The third kappa shape index (κ3) is 7.29. The molecule has 4 aliphatic rings. The van der Waals surface area contributed by atoms with E-state index in [0.717, 1.165) is 49.1 Å². The first-order chi connectivity index (χ1) is 28.1. The number of nitrogens with one attached hydrogen (secondary N) is 2. The second kappa shape index (κ2) is 15.2. The monoisotopic (exact) mass is 818 g/mol. The molecule has 5 amide bonds. The molecule has 5 heterocycles. The molecule has 2 aromatic heterocycles. The van der Waals surface area contributed by atoms with Gasteiger partial charge in [-0.05, 0) is 48.9 Å². The van der Waals surface area contributed by atoms with Crippen LogP contribution in [-0.4, -0.2) is 110 Å². The molecule has 0 bridgehead atoms. The van der Waals surface area contributed by atoms with E-state index in [9.17, 15) is 29.2 Å². The molecule has 16 nitrogen and oxygen atoms in total. The predicted molar refractivity (Wildman–Crippen MR) is 214 cm³/mol. The van der Waals surface area contributed by atoms with Gasteiger partial charge in [0.1, 0.15) is 29.8 Å². The number of amides is 5. The number of hydrogen-bond donors (Lipinski definition) is 2. The molecule has 59 heavy (non-hydrogen) atoms. The van der Waals surface area contributed by atoms with Crippen molar-refractivity contribution in [1.29, 1.82) is 5.26 Å². The number of rotatable bonds is 10. The average molecular weight is 819 g/mol. The molecule has 2 saturated heterocycles. The maximum absolute atomic E-state index is 13.4. The lowest BCUT2D eigenvalue weighted by molar-refractivity contribution is -0.164. The Morgan fingerprint density at radius 2 is 1.73 bits per heavy atom. The summed E-state index contributed by atoms with van der Waals surface area (Å²) in [6.07, 6.45) is 4.00. The maximum atomic E-state index is 13.4. The fourth-order valence-electron chi connectivity index (χ4n) is 9.13. The number of anilines is 1. The molecule has 0 spiro atoms. The molecule has 304 valence electrons. The van der Waals surface area contributed by atoms with Crippen LogP contribution in [0.2, 0.25) is 5.02 Å². The van der Waals surface area contributed by atoms with Gasteiger partial charge in [-0.15, -0.1) is 5.10 Å². The highest BCUT2D eigenvalue weighted by Crippen LogP contribution is 2.55. The van der Waals surface area contributed by atoms with Crippen LogP contribution in [0.4, 0.5) is 5.82 Å². The number of aromatic nitrogens is 4. The SMILES string of the molecule is CC1(C)[C@H](NC(=O)c2ccc(N3CCN(CCc4cn(-c5ccc6c(c5)C(=O)N(C5CCC(=O)NC5=O)C6=O)nn4)CC3)nc2)C(C)(C)[C@H]1Oc1ccc(C#N)c(Cl)c1. The van der Waals surface area contributed by atoms with Crippen molar-refractivity contribution < 1.29 is 28.7 Å². The molecule has 1 saturated carbocycles. The average Bonchev–Trinajstić information content (AvgIpc) is 3.80. The van der Waals surface area contributed by atoms with E-state index in [1.54, 1.807) is 53.5 Å². The van der Waals surface area contributed by atoms with Crippen molar-refractivity contribution in [3.8, 4) is 17.5 Å². The lowest BCUT2D eigenvalue weighted by atomic mass is 9.49. The van der Waals surface area contributed by atoms with Gasteiger partial charge < -0.3 is 15.0 Å². The van der Waals surface area contributed by atoms with Gasteiger partial charge in [0, 0.05) is 74.7 Å². The van der Waals surface area contributed by atoms with E-state index in [4.69, 9.17) is 16.3 Å². The van der Waals surface area contributed by atoms with E-state index in [2.05, 4.69) is 69.5 Å². The second-order valence-corrected chi connectivity index (χ2v) is 17.0. The first-order valence-electron chi connectivity index (χ1n) is 19.5. The molecular weight excluding hydrogens is 776 g/mol. The van der Waals surface area contributed by atoms with E-state index < -0.39 is 29.7 Å². The van der Waals surface area contributed by atoms with Gasteiger partial charge in [0.05, 0.1) is 44.9 Å². The van der Waals surface area contributed by atoms with Gasteiger partial charge >= 0.3 is 0 Å². The summed E-state index contributed by atoms with van der Waals surface area (Å²) in [6, 6.07) is 14.4. The van der Waals surface area contributed by atoms with Crippen LogP contribution in [0, 0.1) is 22.2 Å². The van der Waals surface area contributed by atoms with Gasteiger partial charge in [-0.2, -0.15) is 5.26 Å². The van der Waals surface area contributed by atoms with Gasteiger partial charge in [-0.1, -0.05) is 44.5 Å². The standard InChI is InChI=1S/C42H43ClN10O6/c1-41(2)39(42(3,4)40(41)59-28-8-5-24(21-44)31(43)20-28)47-35(55)25-6-11-33(45-22-25)51-17-15-50(16-18-51)14-13-26-23-52(49-48-26)27-7-9-29-30(19-27)38(58)53(37(29)57)32-10-12-34(54)46-36(32)56/h5-9,11,19-20,22-23,32,39-40H,10,12-18H2,1-4H3,(H,47,55)(H,46,54,56)/t32?,39-,40-. The summed E-state index contributed by atoms with van der Waals surface area (Å²) in [7, 11) is 0. The Morgan fingerprint density at radius 3 is 2.41 bits per heavy atom. The Bertz CT molecular complexity index is 2400. The topological polar surface area (TPSA) is 196 Å². The van der Waals surface area contributed by atoms with Crippen LogP contribution in [-0.2, 0) is 16.0 Å². The molecule has 0 radical (unpaired) electrons. The lowest BCUT2D eigenvalue weighted by Crippen LogP contribution is -2.74. The van der Waals surface area contributed by atoms with Gasteiger partial charge in [0.15, 0.2) is 0 Å². The van der Waals surface area contributed by atoms with Crippen molar-refractivity contribution in [2.75, 3.05) is 37.6 Å². The number of hydrogen-bond acceptors (Lipinski definition) is 12. The number of pyridine rings is 1. The van der Waals surface area contributed by atoms with Gasteiger partial charge in [-0.25, -0.2) is 9.67 Å². The minimum atomic E-state index is -1.03. The summed E-state index contributed by atoms with van der Waals surface area (Å²) in [5, 5.41) is 23.6. The Hall–Kier alpha value is -6.18. The normalized spacial score (nSPS) is 22.3. The number of nitriles is 1. The molecular formula is C42H43ClN10O6. The van der Waals surface area contributed by atoms with Crippen molar-refractivity contribution in [2.45, 2.75) is 65.1 Å². The first-order valence-corrected chi connectivity index (χ1v) is 19.9. The van der Waals surface area contributed by atoms with E-state index in [1.807, 2.05) is 12.1 Å². The van der Waals surface area contributed by atoms with Crippen molar-refractivity contribution in [1.82, 2.24) is 40.4 Å². The number of benzene rings is 2. The molecule has 4 aromatic rings. The minimum absolute atomic E-state index is 0.0537. The summed E-state index contributed by atoms with van der Waals surface area (Å²) < 4.78 is 7.92. The van der Waals surface area contributed by atoms with Crippen LogP contribution in [0.15, 0.2) is 60.9 Å². The molecule has 2 N–H and O–H groups in total. The summed E-state index contributed by atoms with van der Waals surface area (Å²) in [4.78, 5) is 73.9. The van der Waals surface area contributed by atoms with E-state index in [-0.39, 0.29) is 52.9 Å². The van der Waals surface area contributed by atoms with Crippen LogP contribution in [0.5, 0.6) is 5.75 Å². The van der Waals surface area contributed by atoms with E-state index in [1.165, 1.54) is 0 Å². The Kier molecular flexibility index (Phi) is 10.2. The smallest absolute Gasteiger partial charge is 0.262 e. The highest BCUT2D eigenvalue weighted by Gasteiger charge is 2.64. The van der Waals surface area contributed by atoms with Crippen molar-refractivity contribution in [3.63, 3.8) is 0 Å². The number of halogens is 1. The molecule has 1 aliphatic carbocycles. The molecule has 1 unspecified atom stereocenters. The fourth-order valence-corrected chi connectivity index (χ4v) is 9.34. The van der Waals surface area contributed by atoms with Gasteiger partial charge in [0.25, 0.3) is 17.7 Å². The highest BCUT2D eigenvalue weighted by atomic mass is 35.5. The van der Waals surface area contributed by atoms with Crippen LogP contribution < -0.4 is 20.3 Å². The number of nitrogens with zero attached hydrogens (tertiary/aromatic N) is 8. The zero-order valence-electron chi connectivity index (χ0n) is 33.1. The molecule has 1 atom stereocenters. The second-order valence-electron chi connectivity index (χ2n) is 16.6. The van der Waals surface area contributed by atoms with Crippen molar-refractivity contribution >= 4 is 47.0 Å². The summed E-state index contributed by atoms with van der Waals surface area (Å²) in [5.74, 6) is -1.04. The number of piperazine rings is 1. The number of fused-ring (bicyclic) bond motifs is 1. The number of ether oxygens (including phenoxy) is 1. The van der Waals surface area contributed by atoms with Gasteiger partial charge in [-0.3, -0.25) is 39.1 Å². The summed E-state index contributed by atoms with van der Waals surface area (Å²) in [5.41, 5.74) is 1.78. The van der Waals surface area contributed by atoms with Crippen LogP contribution in [0.3, 0.4) is 0 Å². The van der Waals surface area contributed by atoms with Gasteiger partial charge in [0.2, 0.25) is 11.8 Å². The highest BCUT2D eigenvalue weighted by molar-refractivity contribution is 6.31. The quantitative estimate of drug-likeness (QED) is 0.221. The third-order valence-corrected chi connectivity index (χ3v) is 12.4. The maximum Gasteiger partial charge on any atom is 0.262 e.